The summed E-state index contributed by atoms with van der Waals surface area (Å²) in [4.78, 5) is 15.3. The van der Waals surface area contributed by atoms with Gasteiger partial charge in [-0.1, -0.05) is 41.6 Å². The van der Waals surface area contributed by atoms with E-state index in [4.69, 9.17) is 9.51 Å². The molecule has 3 heterocycles. The van der Waals surface area contributed by atoms with Crippen molar-refractivity contribution in [3.8, 4) is 11.4 Å². The van der Waals surface area contributed by atoms with Crippen LogP contribution in [0.25, 0.3) is 22.4 Å². The van der Waals surface area contributed by atoms with Gasteiger partial charge in [-0.05, 0) is 44.0 Å². The van der Waals surface area contributed by atoms with Crippen LogP contribution in [0.3, 0.4) is 0 Å². The van der Waals surface area contributed by atoms with Crippen LogP contribution in [-0.4, -0.2) is 31.6 Å². The van der Waals surface area contributed by atoms with Crippen LogP contribution in [0.15, 0.2) is 53.1 Å². The number of aryl methyl sites for hydroxylation is 1. The number of hydrogen-bond donors (Lipinski definition) is 1. The molecule has 0 spiro atoms. The topological polar surface area (TPSA) is 70.8 Å². The van der Waals surface area contributed by atoms with Crippen LogP contribution in [0, 0.1) is 6.92 Å². The van der Waals surface area contributed by atoms with Gasteiger partial charge in [-0.15, -0.1) is 0 Å². The van der Waals surface area contributed by atoms with Gasteiger partial charge in [-0.2, -0.15) is 4.98 Å². The number of benzene rings is 2. The molecule has 0 saturated carbocycles. The summed E-state index contributed by atoms with van der Waals surface area (Å²) in [5, 5.41) is 4.13. The molecule has 0 radical (unpaired) electrons. The molecule has 136 valence electrons. The maximum absolute atomic E-state index is 5.51. The number of imidazole rings is 1. The first kappa shape index (κ1) is 16.2. The SMILES string of the molecule is Cc1ccc2nc([C@H]3CCCN3Cc3nc(-c4ccccc4)no3)[nH]c2c1. The standard InChI is InChI=1S/C21H21N5O/c1-14-9-10-16-17(12-14)23-21(22-16)18-8-5-11-26(18)13-19-24-20(25-27-19)15-6-3-2-4-7-15/h2-4,6-7,9-10,12,18H,5,8,11,13H2,1H3,(H,22,23)/t18-/m1/s1. The third kappa shape index (κ3) is 3.13. The number of fused-ring (bicyclic) bond motifs is 1. The van der Waals surface area contributed by atoms with Crippen molar-refractivity contribution in [1.82, 2.24) is 25.0 Å². The van der Waals surface area contributed by atoms with Crippen molar-refractivity contribution in [3.63, 3.8) is 0 Å². The van der Waals surface area contributed by atoms with Gasteiger partial charge in [0.2, 0.25) is 11.7 Å². The van der Waals surface area contributed by atoms with E-state index in [0.717, 1.165) is 41.8 Å². The normalized spacial score (nSPS) is 17.7. The molecule has 0 unspecified atom stereocenters. The zero-order valence-corrected chi connectivity index (χ0v) is 15.2. The maximum atomic E-state index is 5.51. The van der Waals surface area contributed by atoms with Gasteiger partial charge in [-0.25, -0.2) is 4.98 Å². The highest BCUT2D eigenvalue weighted by Gasteiger charge is 2.30. The van der Waals surface area contributed by atoms with E-state index in [0.29, 0.717) is 18.3 Å². The molecule has 1 fully saturated rings. The molecule has 1 atom stereocenters. The Labute approximate surface area is 157 Å². The maximum Gasteiger partial charge on any atom is 0.241 e. The number of nitrogens with one attached hydrogen (secondary N) is 1. The summed E-state index contributed by atoms with van der Waals surface area (Å²) < 4.78 is 5.51. The first-order valence-electron chi connectivity index (χ1n) is 9.34. The van der Waals surface area contributed by atoms with Gasteiger partial charge in [-0.3, -0.25) is 4.90 Å². The van der Waals surface area contributed by atoms with E-state index < -0.39 is 0 Å². The van der Waals surface area contributed by atoms with Crippen molar-refractivity contribution in [2.75, 3.05) is 6.54 Å². The Morgan fingerprint density at radius 2 is 2.04 bits per heavy atom. The lowest BCUT2D eigenvalue weighted by Crippen LogP contribution is -2.23. The molecule has 1 aliphatic heterocycles. The molecule has 6 heteroatoms. The summed E-state index contributed by atoms with van der Waals surface area (Å²) in [6.45, 7) is 3.74. The number of rotatable bonds is 4. The summed E-state index contributed by atoms with van der Waals surface area (Å²) in [5.41, 5.74) is 4.33. The molecule has 1 saturated heterocycles. The summed E-state index contributed by atoms with van der Waals surface area (Å²) in [7, 11) is 0. The third-order valence-corrected chi connectivity index (χ3v) is 5.17. The van der Waals surface area contributed by atoms with E-state index >= 15 is 0 Å². The minimum absolute atomic E-state index is 0.254. The van der Waals surface area contributed by atoms with Crippen molar-refractivity contribution >= 4 is 11.0 Å². The van der Waals surface area contributed by atoms with Crippen molar-refractivity contribution in [2.45, 2.75) is 32.4 Å². The number of H-pyrrole nitrogens is 1. The Bertz CT molecular complexity index is 1070. The number of aromatic amines is 1. The molecule has 1 aliphatic rings. The Hall–Kier alpha value is -2.99. The Balaban J connectivity index is 1.37. The highest BCUT2D eigenvalue weighted by Crippen LogP contribution is 2.32. The largest absolute Gasteiger partial charge is 0.341 e. The van der Waals surface area contributed by atoms with Crippen LogP contribution < -0.4 is 0 Å². The molecule has 0 amide bonds. The van der Waals surface area contributed by atoms with Crippen molar-refractivity contribution in [2.24, 2.45) is 0 Å². The minimum atomic E-state index is 0.254. The smallest absolute Gasteiger partial charge is 0.241 e. The number of likely N-dealkylation sites (tertiary alicyclic amines) is 1. The molecular weight excluding hydrogens is 338 g/mol. The fourth-order valence-corrected chi connectivity index (χ4v) is 3.82. The molecule has 1 N–H and O–H groups in total. The molecule has 6 nitrogen and oxygen atoms in total. The zero-order chi connectivity index (χ0) is 18.2. The number of aromatic nitrogens is 4. The Morgan fingerprint density at radius 3 is 2.93 bits per heavy atom. The molecule has 0 aliphatic carbocycles. The van der Waals surface area contributed by atoms with E-state index in [9.17, 15) is 0 Å². The molecule has 4 aromatic rings. The minimum Gasteiger partial charge on any atom is -0.341 e. The number of hydrogen-bond acceptors (Lipinski definition) is 5. The van der Waals surface area contributed by atoms with Crippen LogP contribution in [0.1, 0.15) is 36.2 Å². The summed E-state index contributed by atoms with van der Waals surface area (Å²) in [6.07, 6.45) is 2.22. The lowest BCUT2D eigenvalue weighted by molar-refractivity contribution is 0.207. The second-order valence-electron chi connectivity index (χ2n) is 7.15. The monoisotopic (exact) mass is 359 g/mol. The molecular formula is C21H21N5O. The van der Waals surface area contributed by atoms with E-state index in [1.165, 1.54) is 5.56 Å². The van der Waals surface area contributed by atoms with Crippen molar-refractivity contribution in [3.05, 3.63) is 65.8 Å². The van der Waals surface area contributed by atoms with E-state index in [2.05, 4.69) is 45.1 Å². The second kappa shape index (κ2) is 6.63. The molecule has 27 heavy (non-hydrogen) atoms. The summed E-state index contributed by atoms with van der Waals surface area (Å²) in [6, 6.07) is 16.5. The number of nitrogens with zero attached hydrogens (tertiary/aromatic N) is 4. The average molecular weight is 359 g/mol. The molecule has 2 aromatic heterocycles. The third-order valence-electron chi connectivity index (χ3n) is 5.17. The van der Waals surface area contributed by atoms with Gasteiger partial charge < -0.3 is 9.51 Å². The van der Waals surface area contributed by atoms with E-state index in [1.807, 2.05) is 30.3 Å². The van der Waals surface area contributed by atoms with Crippen LogP contribution >= 0.6 is 0 Å². The Morgan fingerprint density at radius 1 is 1.15 bits per heavy atom. The first-order valence-corrected chi connectivity index (χ1v) is 9.34. The Kier molecular flexibility index (Phi) is 3.98. The zero-order valence-electron chi connectivity index (χ0n) is 15.2. The van der Waals surface area contributed by atoms with Crippen molar-refractivity contribution in [1.29, 1.82) is 0 Å². The van der Waals surface area contributed by atoms with E-state index in [1.54, 1.807) is 0 Å². The van der Waals surface area contributed by atoms with Crippen LogP contribution in [0.5, 0.6) is 0 Å². The van der Waals surface area contributed by atoms with Gasteiger partial charge in [0, 0.05) is 5.56 Å². The van der Waals surface area contributed by atoms with Gasteiger partial charge in [0.05, 0.1) is 23.6 Å². The quantitative estimate of drug-likeness (QED) is 0.589. The van der Waals surface area contributed by atoms with Crippen LogP contribution in [0.4, 0.5) is 0 Å². The van der Waals surface area contributed by atoms with Gasteiger partial charge in [0.1, 0.15) is 5.82 Å². The van der Waals surface area contributed by atoms with Crippen LogP contribution in [0.2, 0.25) is 0 Å². The van der Waals surface area contributed by atoms with Gasteiger partial charge >= 0.3 is 0 Å². The predicted molar refractivity (Wildman–Crippen MR) is 103 cm³/mol. The van der Waals surface area contributed by atoms with Gasteiger partial charge in [0.15, 0.2) is 0 Å². The molecule has 0 bridgehead atoms. The molecule has 2 aromatic carbocycles. The average Bonchev–Trinajstić information content (AvgIpc) is 3.41. The summed E-state index contributed by atoms with van der Waals surface area (Å²) in [5.74, 6) is 2.31. The fraction of sp³-hybridized carbons (Fsp3) is 0.286. The van der Waals surface area contributed by atoms with Gasteiger partial charge in [0.25, 0.3) is 0 Å². The highest BCUT2D eigenvalue weighted by molar-refractivity contribution is 5.75. The lowest BCUT2D eigenvalue weighted by atomic mass is 10.2. The van der Waals surface area contributed by atoms with E-state index in [-0.39, 0.29) is 6.04 Å². The highest BCUT2D eigenvalue weighted by atomic mass is 16.5. The summed E-state index contributed by atoms with van der Waals surface area (Å²) >= 11 is 0. The second-order valence-corrected chi connectivity index (χ2v) is 7.15. The lowest BCUT2D eigenvalue weighted by Gasteiger charge is -2.20. The first-order chi connectivity index (χ1) is 13.3. The fourth-order valence-electron chi connectivity index (χ4n) is 3.82. The van der Waals surface area contributed by atoms with Crippen LogP contribution in [-0.2, 0) is 6.54 Å². The van der Waals surface area contributed by atoms with Crippen molar-refractivity contribution < 1.29 is 4.52 Å². The predicted octanol–water partition coefficient (Wildman–Crippen LogP) is 4.26. The molecule has 5 rings (SSSR count).